The first-order valence-electron chi connectivity index (χ1n) is 9.36. The minimum atomic E-state index is 0.00217. The molecule has 0 unspecified atom stereocenters. The Labute approximate surface area is 148 Å². The molecule has 2 aliphatic heterocycles. The number of amides is 2. The third-order valence-corrected chi connectivity index (χ3v) is 6.17. The number of benzene rings is 1. The standard InChI is InChI=1S/C20H26N2O3/c1-14-16(4-2-5-17(14)23)19(25)21-11-3-9-20(12-21)10-8-18(24)22(13-20)15-6-7-15/h2,4-5,15,23H,3,6-13H2,1H3/t20-/m0/s1. The number of nitrogens with zero attached hydrogens (tertiary/aromatic N) is 2. The van der Waals surface area contributed by atoms with Crippen molar-refractivity contribution in [3.63, 3.8) is 0 Å². The summed E-state index contributed by atoms with van der Waals surface area (Å²) in [7, 11) is 0. The molecule has 134 valence electrons. The lowest BCUT2D eigenvalue weighted by Gasteiger charge is -2.48. The average Bonchev–Trinajstić information content (AvgIpc) is 3.44. The van der Waals surface area contributed by atoms with Gasteiger partial charge in [-0.05, 0) is 51.2 Å². The van der Waals surface area contributed by atoms with Gasteiger partial charge in [-0.15, -0.1) is 0 Å². The molecule has 1 aliphatic carbocycles. The van der Waals surface area contributed by atoms with Crippen LogP contribution in [0.4, 0.5) is 0 Å². The Hall–Kier alpha value is -2.04. The molecule has 0 aromatic heterocycles. The lowest BCUT2D eigenvalue weighted by molar-refractivity contribution is -0.139. The zero-order valence-corrected chi connectivity index (χ0v) is 14.8. The maximum absolute atomic E-state index is 13.0. The molecule has 2 saturated heterocycles. The fourth-order valence-electron chi connectivity index (χ4n) is 4.50. The van der Waals surface area contributed by atoms with Crippen LogP contribution in [0.5, 0.6) is 5.75 Å². The van der Waals surface area contributed by atoms with Crippen molar-refractivity contribution < 1.29 is 14.7 Å². The molecule has 25 heavy (non-hydrogen) atoms. The van der Waals surface area contributed by atoms with Gasteiger partial charge < -0.3 is 14.9 Å². The zero-order chi connectivity index (χ0) is 17.6. The summed E-state index contributed by atoms with van der Waals surface area (Å²) in [5, 5.41) is 9.91. The first-order valence-corrected chi connectivity index (χ1v) is 9.36. The Morgan fingerprint density at radius 3 is 2.80 bits per heavy atom. The molecule has 5 heteroatoms. The van der Waals surface area contributed by atoms with Gasteiger partial charge in [0.1, 0.15) is 5.75 Å². The van der Waals surface area contributed by atoms with E-state index in [1.54, 1.807) is 25.1 Å². The number of hydrogen-bond acceptors (Lipinski definition) is 3. The third-order valence-electron chi connectivity index (χ3n) is 6.17. The van der Waals surface area contributed by atoms with E-state index in [9.17, 15) is 14.7 Å². The van der Waals surface area contributed by atoms with Crippen molar-refractivity contribution in [3.8, 4) is 5.75 Å². The lowest BCUT2D eigenvalue weighted by Crippen LogP contribution is -2.55. The molecular weight excluding hydrogens is 316 g/mol. The lowest BCUT2D eigenvalue weighted by atomic mass is 9.73. The van der Waals surface area contributed by atoms with Crippen LogP contribution in [-0.4, -0.2) is 52.4 Å². The number of aromatic hydroxyl groups is 1. The molecule has 1 aromatic rings. The van der Waals surface area contributed by atoms with Gasteiger partial charge in [0, 0.05) is 48.6 Å². The number of piperidine rings is 2. The molecule has 2 amide bonds. The maximum atomic E-state index is 13.0. The Bertz CT molecular complexity index is 713. The highest BCUT2D eigenvalue weighted by Gasteiger charge is 2.46. The van der Waals surface area contributed by atoms with Crippen molar-refractivity contribution in [1.29, 1.82) is 0 Å². The summed E-state index contributed by atoms with van der Waals surface area (Å²) in [5.41, 5.74) is 1.28. The van der Waals surface area contributed by atoms with E-state index in [4.69, 9.17) is 0 Å². The molecule has 1 N–H and O–H groups in total. The van der Waals surface area contributed by atoms with Crippen LogP contribution in [-0.2, 0) is 4.79 Å². The van der Waals surface area contributed by atoms with Crippen LogP contribution < -0.4 is 0 Å². The number of phenols is 1. The van der Waals surface area contributed by atoms with Crippen molar-refractivity contribution in [1.82, 2.24) is 9.80 Å². The molecular formula is C20H26N2O3. The summed E-state index contributed by atoms with van der Waals surface area (Å²) in [4.78, 5) is 29.3. The van der Waals surface area contributed by atoms with Crippen LogP contribution in [0.2, 0.25) is 0 Å². The van der Waals surface area contributed by atoms with Crippen molar-refractivity contribution in [2.45, 2.75) is 51.5 Å². The third kappa shape index (κ3) is 3.00. The van der Waals surface area contributed by atoms with Crippen molar-refractivity contribution in [3.05, 3.63) is 29.3 Å². The summed E-state index contributed by atoms with van der Waals surface area (Å²) in [6.07, 6.45) is 5.84. The summed E-state index contributed by atoms with van der Waals surface area (Å²) in [5.74, 6) is 0.462. The van der Waals surface area contributed by atoms with Gasteiger partial charge >= 0.3 is 0 Å². The number of likely N-dealkylation sites (tertiary alicyclic amines) is 2. The van der Waals surface area contributed by atoms with Crippen LogP contribution in [0.1, 0.15) is 54.4 Å². The van der Waals surface area contributed by atoms with Gasteiger partial charge in [-0.2, -0.15) is 0 Å². The van der Waals surface area contributed by atoms with Crippen molar-refractivity contribution in [2.24, 2.45) is 5.41 Å². The Balaban J connectivity index is 1.53. The minimum Gasteiger partial charge on any atom is -0.508 e. The number of rotatable bonds is 2. The van der Waals surface area contributed by atoms with E-state index in [0.29, 0.717) is 29.5 Å². The molecule has 1 atom stereocenters. The molecule has 3 aliphatic rings. The van der Waals surface area contributed by atoms with E-state index in [2.05, 4.69) is 4.90 Å². The number of carbonyl (C=O) groups is 2. The SMILES string of the molecule is Cc1c(O)cccc1C(=O)N1CCC[C@]2(CCC(=O)N(C3CC3)C2)C1. The van der Waals surface area contributed by atoms with E-state index in [0.717, 1.165) is 51.7 Å². The van der Waals surface area contributed by atoms with Crippen LogP contribution in [0, 0.1) is 12.3 Å². The van der Waals surface area contributed by atoms with Gasteiger partial charge in [-0.1, -0.05) is 6.07 Å². The first-order chi connectivity index (χ1) is 12.0. The first kappa shape index (κ1) is 16.4. The number of carbonyl (C=O) groups excluding carboxylic acids is 2. The topological polar surface area (TPSA) is 60.9 Å². The molecule has 2 heterocycles. The minimum absolute atomic E-state index is 0.00217. The molecule has 0 radical (unpaired) electrons. The van der Waals surface area contributed by atoms with E-state index in [-0.39, 0.29) is 17.1 Å². The molecule has 1 saturated carbocycles. The normalized spacial score (nSPS) is 27.0. The van der Waals surface area contributed by atoms with Gasteiger partial charge in [-0.25, -0.2) is 0 Å². The van der Waals surface area contributed by atoms with Gasteiger partial charge in [0.25, 0.3) is 5.91 Å². The fourth-order valence-corrected chi connectivity index (χ4v) is 4.50. The highest BCUT2D eigenvalue weighted by molar-refractivity contribution is 5.96. The predicted octanol–water partition coefficient (Wildman–Crippen LogP) is 2.71. The van der Waals surface area contributed by atoms with Gasteiger partial charge in [0.05, 0.1) is 0 Å². The van der Waals surface area contributed by atoms with Crippen molar-refractivity contribution in [2.75, 3.05) is 19.6 Å². The molecule has 5 nitrogen and oxygen atoms in total. The second-order valence-electron chi connectivity index (χ2n) is 8.03. The second-order valence-corrected chi connectivity index (χ2v) is 8.03. The van der Waals surface area contributed by atoms with Gasteiger partial charge in [-0.3, -0.25) is 9.59 Å². The fraction of sp³-hybridized carbons (Fsp3) is 0.600. The summed E-state index contributed by atoms with van der Waals surface area (Å²) in [6.45, 7) is 4.07. The largest absolute Gasteiger partial charge is 0.508 e. The van der Waals surface area contributed by atoms with E-state index in [1.165, 1.54) is 0 Å². The summed E-state index contributed by atoms with van der Waals surface area (Å²) < 4.78 is 0. The van der Waals surface area contributed by atoms with Crippen LogP contribution in [0.25, 0.3) is 0 Å². The van der Waals surface area contributed by atoms with E-state index < -0.39 is 0 Å². The van der Waals surface area contributed by atoms with Gasteiger partial charge in [0.2, 0.25) is 5.91 Å². The van der Waals surface area contributed by atoms with Crippen LogP contribution in [0.15, 0.2) is 18.2 Å². The van der Waals surface area contributed by atoms with Crippen molar-refractivity contribution >= 4 is 11.8 Å². The second kappa shape index (κ2) is 6.04. The number of hydrogen-bond donors (Lipinski definition) is 1. The van der Waals surface area contributed by atoms with Crippen LogP contribution in [0.3, 0.4) is 0 Å². The molecule has 4 rings (SSSR count). The molecule has 1 aromatic carbocycles. The predicted molar refractivity (Wildman–Crippen MR) is 94.4 cm³/mol. The number of phenolic OH excluding ortho intramolecular Hbond substituents is 1. The smallest absolute Gasteiger partial charge is 0.254 e. The molecule has 0 bridgehead atoms. The molecule has 1 spiro atoms. The highest BCUT2D eigenvalue weighted by atomic mass is 16.3. The quantitative estimate of drug-likeness (QED) is 0.899. The monoisotopic (exact) mass is 342 g/mol. The zero-order valence-electron chi connectivity index (χ0n) is 14.8. The highest BCUT2D eigenvalue weighted by Crippen LogP contribution is 2.42. The summed E-state index contributed by atoms with van der Waals surface area (Å²) in [6, 6.07) is 5.58. The van der Waals surface area contributed by atoms with E-state index in [1.807, 2.05) is 4.90 Å². The Morgan fingerprint density at radius 2 is 2.04 bits per heavy atom. The van der Waals surface area contributed by atoms with Gasteiger partial charge in [0.15, 0.2) is 0 Å². The van der Waals surface area contributed by atoms with E-state index >= 15 is 0 Å². The summed E-state index contributed by atoms with van der Waals surface area (Å²) >= 11 is 0. The Kier molecular flexibility index (Phi) is 3.97. The van der Waals surface area contributed by atoms with Crippen LogP contribution >= 0.6 is 0 Å². The Morgan fingerprint density at radius 1 is 1.24 bits per heavy atom. The molecule has 3 fully saturated rings. The maximum Gasteiger partial charge on any atom is 0.254 e. The average molecular weight is 342 g/mol.